The molecule has 0 radical (unpaired) electrons. The van der Waals surface area contributed by atoms with E-state index in [0.717, 1.165) is 35.5 Å². The molecule has 0 aromatic heterocycles. The van der Waals surface area contributed by atoms with E-state index in [4.69, 9.17) is 9.47 Å². The summed E-state index contributed by atoms with van der Waals surface area (Å²) in [5, 5.41) is 5.86. The van der Waals surface area contributed by atoms with Crippen molar-refractivity contribution in [2.75, 3.05) is 39.7 Å². The molecular weight excluding hydrogens is 342 g/mol. The zero-order valence-electron chi connectivity index (χ0n) is 16.3. The van der Waals surface area contributed by atoms with Crippen LogP contribution in [0, 0.1) is 6.92 Å². The maximum Gasteiger partial charge on any atom is 0.319 e. The SMILES string of the molecule is COc1cc2c(cc1OC)[C@@H](CNC(=O)Nc1ccc(C)cc1)N(C)CC2. The van der Waals surface area contributed by atoms with Gasteiger partial charge in [-0.25, -0.2) is 4.79 Å². The predicted octanol–water partition coefficient (Wildman–Crippen LogP) is 3.36. The number of benzene rings is 2. The van der Waals surface area contributed by atoms with E-state index >= 15 is 0 Å². The third kappa shape index (κ3) is 4.34. The van der Waals surface area contributed by atoms with Crippen LogP contribution in [0.2, 0.25) is 0 Å². The number of methoxy groups -OCH3 is 2. The van der Waals surface area contributed by atoms with Gasteiger partial charge in [0.2, 0.25) is 0 Å². The molecule has 1 aliphatic heterocycles. The number of aryl methyl sites for hydroxylation is 1. The Morgan fingerprint density at radius 1 is 1.15 bits per heavy atom. The van der Waals surface area contributed by atoms with Gasteiger partial charge in [-0.15, -0.1) is 0 Å². The van der Waals surface area contributed by atoms with Gasteiger partial charge in [0.1, 0.15) is 0 Å². The lowest BCUT2D eigenvalue weighted by molar-refractivity contribution is 0.217. The van der Waals surface area contributed by atoms with Gasteiger partial charge in [0.05, 0.1) is 20.3 Å². The molecule has 2 aromatic rings. The smallest absolute Gasteiger partial charge is 0.319 e. The van der Waals surface area contributed by atoms with Gasteiger partial charge in [-0.05, 0) is 55.8 Å². The number of nitrogens with zero attached hydrogens (tertiary/aromatic N) is 1. The van der Waals surface area contributed by atoms with Crippen LogP contribution in [-0.4, -0.2) is 45.3 Å². The number of fused-ring (bicyclic) bond motifs is 1. The van der Waals surface area contributed by atoms with Crippen molar-refractivity contribution in [1.82, 2.24) is 10.2 Å². The molecule has 0 saturated carbocycles. The minimum atomic E-state index is -0.208. The highest BCUT2D eigenvalue weighted by molar-refractivity contribution is 5.89. The van der Waals surface area contributed by atoms with E-state index in [1.165, 1.54) is 5.56 Å². The second-order valence-corrected chi connectivity index (χ2v) is 6.85. The van der Waals surface area contributed by atoms with Gasteiger partial charge in [0, 0.05) is 18.8 Å². The molecule has 2 amide bonds. The Morgan fingerprint density at radius 2 is 1.81 bits per heavy atom. The lowest BCUT2D eigenvalue weighted by Gasteiger charge is -2.35. The fourth-order valence-corrected chi connectivity index (χ4v) is 3.42. The summed E-state index contributed by atoms with van der Waals surface area (Å²) in [5.41, 5.74) is 4.33. The summed E-state index contributed by atoms with van der Waals surface area (Å²) in [7, 11) is 5.36. The van der Waals surface area contributed by atoms with E-state index in [1.54, 1.807) is 14.2 Å². The predicted molar refractivity (Wildman–Crippen MR) is 107 cm³/mol. The summed E-state index contributed by atoms with van der Waals surface area (Å²) in [6.45, 7) is 3.45. The van der Waals surface area contributed by atoms with E-state index in [2.05, 4.69) is 22.6 Å². The van der Waals surface area contributed by atoms with Gasteiger partial charge in [0.15, 0.2) is 11.5 Å². The minimum Gasteiger partial charge on any atom is -0.493 e. The van der Waals surface area contributed by atoms with Gasteiger partial charge >= 0.3 is 6.03 Å². The van der Waals surface area contributed by atoms with Crippen molar-refractivity contribution in [3.63, 3.8) is 0 Å². The highest BCUT2D eigenvalue weighted by atomic mass is 16.5. The third-order valence-corrected chi connectivity index (χ3v) is 5.04. The summed E-state index contributed by atoms with van der Waals surface area (Å²) < 4.78 is 10.9. The Hall–Kier alpha value is -2.73. The molecule has 1 aliphatic rings. The molecule has 0 saturated heterocycles. The molecule has 1 atom stereocenters. The number of nitrogens with one attached hydrogen (secondary N) is 2. The average Bonchev–Trinajstić information content (AvgIpc) is 2.68. The number of carbonyl (C=O) groups excluding carboxylic acids is 1. The third-order valence-electron chi connectivity index (χ3n) is 5.04. The molecule has 0 bridgehead atoms. The zero-order chi connectivity index (χ0) is 19.4. The minimum absolute atomic E-state index is 0.0809. The first kappa shape index (κ1) is 19.0. The van der Waals surface area contributed by atoms with Crippen molar-refractivity contribution in [1.29, 1.82) is 0 Å². The number of anilines is 1. The van der Waals surface area contributed by atoms with E-state index in [-0.39, 0.29) is 12.1 Å². The standard InChI is InChI=1S/C21H27N3O3/c1-14-5-7-16(8-6-14)23-21(25)22-13-18-17-12-20(27-4)19(26-3)11-15(17)9-10-24(18)2/h5-8,11-12,18H,9-10,13H2,1-4H3,(H2,22,23,25)/t18-/m1/s1. The van der Waals surface area contributed by atoms with E-state index < -0.39 is 0 Å². The Balaban J connectivity index is 1.71. The molecule has 2 N–H and O–H groups in total. The molecule has 0 unspecified atom stereocenters. The van der Waals surface area contributed by atoms with E-state index in [0.29, 0.717) is 12.3 Å². The van der Waals surface area contributed by atoms with Crippen molar-refractivity contribution in [2.24, 2.45) is 0 Å². The molecule has 2 aromatic carbocycles. The number of likely N-dealkylation sites (N-methyl/N-ethyl adjacent to an activating group) is 1. The summed E-state index contributed by atoms with van der Waals surface area (Å²) >= 11 is 0. The van der Waals surface area contributed by atoms with Crippen LogP contribution in [0.15, 0.2) is 36.4 Å². The van der Waals surface area contributed by atoms with Crippen molar-refractivity contribution >= 4 is 11.7 Å². The molecule has 3 rings (SSSR count). The number of hydrogen-bond acceptors (Lipinski definition) is 4. The van der Waals surface area contributed by atoms with Crippen LogP contribution in [0.25, 0.3) is 0 Å². The summed E-state index contributed by atoms with van der Waals surface area (Å²) in [5.74, 6) is 1.45. The summed E-state index contributed by atoms with van der Waals surface area (Å²) in [6, 6.07) is 11.7. The molecule has 6 heteroatoms. The second kappa shape index (κ2) is 8.31. The fraction of sp³-hybridized carbons (Fsp3) is 0.381. The van der Waals surface area contributed by atoms with Crippen LogP contribution in [-0.2, 0) is 6.42 Å². The van der Waals surface area contributed by atoms with Crippen molar-refractivity contribution in [2.45, 2.75) is 19.4 Å². The summed E-state index contributed by atoms with van der Waals surface area (Å²) in [4.78, 5) is 14.5. The van der Waals surface area contributed by atoms with Gasteiger partial charge in [0.25, 0.3) is 0 Å². The molecule has 27 heavy (non-hydrogen) atoms. The lowest BCUT2D eigenvalue weighted by atomic mass is 9.92. The number of hydrogen-bond donors (Lipinski definition) is 2. The van der Waals surface area contributed by atoms with Crippen LogP contribution in [0.3, 0.4) is 0 Å². The maximum atomic E-state index is 12.3. The van der Waals surface area contributed by atoms with Crippen LogP contribution < -0.4 is 20.1 Å². The largest absolute Gasteiger partial charge is 0.493 e. The quantitative estimate of drug-likeness (QED) is 0.848. The lowest BCUT2D eigenvalue weighted by Crippen LogP contribution is -2.41. The van der Waals surface area contributed by atoms with E-state index in [1.807, 2.05) is 43.3 Å². The first-order valence-corrected chi connectivity index (χ1v) is 9.08. The Labute approximate surface area is 160 Å². The molecule has 0 fully saturated rings. The Kier molecular flexibility index (Phi) is 5.86. The van der Waals surface area contributed by atoms with Crippen LogP contribution in [0.5, 0.6) is 11.5 Å². The second-order valence-electron chi connectivity index (χ2n) is 6.85. The maximum absolute atomic E-state index is 12.3. The number of rotatable bonds is 5. The average molecular weight is 369 g/mol. The van der Waals surface area contributed by atoms with Gasteiger partial charge in [-0.2, -0.15) is 0 Å². The van der Waals surface area contributed by atoms with Gasteiger partial charge in [-0.3, -0.25) is 4.90 Å². The van der Waals surface area contributed by atoms with Crippen molar-refractivity contribution in [3.8, 4) is 11.5 Å². The molecule has 1 heterocycles. The monoisotopic (exact) mass is 369 g/mol. The highest BCUT2D eigenvalue weighted by Gasteiger charge is 2.27. The fourth-order valence-electron chi connectivity index (χ4n) is 3.42. The van der Waals surface area contributed by atoms with Crippen LogP contribution in [0.4, 0.5) is 10.5 Å². The Bertz CT molecular complexity index is 805. The number of ether oxygens (including phenoxy) is 2. The van der Waals surface area contributed by atoms with Gasteiger partial charge < -0.3 is 20.1 Å². The number of amides is 2. The van der Waals surface area contributed by atoms with Crippen LogP contribution >= 0.6 is 0 Å². The molecule has 144 valence electrons. The number of urea groups is 1. The Morgan fingerprint density at radius 3 is 2.48 bits per heavy atom. The topological polar surface area (TPSA) is 62.8 Å². The summed E-state index contributed by atoms with van der Waals surface area (Å²) in [6.07, 6.45) is 0.943. The zero-order valence-corrected chi connectivity index (χ0v) is 16.3. The first-order chi connectivity index (χ1) is 13.0. The van der Waals surface area contributed by atoms with E-state index in [9.17, 15) is 4.79 Å². The first-order valence-electron chi connectivity index (χ1n) is 9.08. The van der Waals surface area contributed by atoms with Crippen molar-refractivity contribution < 1.29 is 14.3 Å². The van der Waals surface area contributed by atoms with Crippen LogP contribution in [0.1, 0.15) is 22.7 Å². The molecular formula is C21H27N3O3. The van der Waals surface area contributed by atoms with Crippen molar-refractivity contribution in [3.05, 3.63) is 53.1 Å². The van der Waals surface area contributed by atoms with Gasteiger partial charge in [-0.1, -0.05) is 17.7 Å². The molecule has 0 aliphatic carbocycles. The highest BCUT2D eigenvalue weighted by Crippen LogP contribution is 2.37. The molecule has 6 nitrogen and oxygen atoms in total. The number of carbonyl (C=O) groups is 1. The normalized spacial score (nSPS) is 16.4. The molecule has 0 spiro atoms.